The van der Waals surface area contributed by atoms with Crippen LogP contribution in [0.5, 0.6) is 0 Å². The molecular formula is C18H24FN5. The van der Waals surface area contributed by atoms with Gasteiger partial charge in [0.25, 0.3) is 0 Å². The van der Waals surface area contributed by atoms with Crippen molar-refractivity contribution in [3.8, 4) is 0 Å². The summed E-state index contributed by atoms with van der Waals surface area (Å²) in [4.78, 5) is 2.34. The van der Waals surface area contributed by atoms with E-state index in [0.717, 1.165) is 57.1 Å². The molecule has 2 aromatic rings. The quantitative estimate of drug-likeness (QED) is 0.904. The van der Waals surface area contributed by atoms with Gasteiger partial charge >= 0.3 is 0 Å². The first-order valence-corrected chi connectivity index (χ1v) is 8.77. The van der Waals surface area contributed by atoms with Crippen molar-refractivity contribution in [2.24, 2.45) is 5.92 Å². The largest absolute Gasteiger partial charge is 0.371 e. The van der Waals surface area contributed by atoms with E-state index in [1.807, 2.05) is 29.1 Å². The Morgan fingerprint density at radius 2 is 1.96 bits per heavy atom. The number of anilines is 2. The molecule has 0 saturated carbocycles. The predicted octanol–water partition coefficient (Wildman–Crippen LogP) is 2.32. The summed E-state index contributed by atoms with van der Waals surface area (Å²) in [5, 5.41) is 11.5. The predicted molar refractivity (Wildman–Crippen MR) is 93.8 cm³/mol. The highest BCUT2D eigenvalue weighted by molar-refractivity contribution is 5.46. The summed E-state index contributed by atoms with van der Waals surface area (Å²) in [5.41, 5.74) is 1.12. The first-order chi connectivity index (χ1) is 11.8. The highest BCUT2D eigenvalue weighted by Crippen LogP contribution is 2.21. The van der Waals surface area contributed by atoms with Crippen LogP contribution in [-0.4, -0.2) is 42.0 Å². The number of hydrogen-bond acceptors (Lipinski definition) is 4. The van der Waals surface area contributed by atoms with Gasteiger partial charge in [0.05, 0.1) is 6.20 Å². The SMILES string of the molecule is Fc1ccc(N2CCC(NC[C@H]3CNc4ccnn4C3)CC2)cc1. The molecule has 0 radical (unpaired) electrons. The third kappa shape index (κ3) is 3.38. The maximum absolute atomic E-state index is 13.0. The summed E-state index contributed by atoms with van der Waals surface area (Å²) < 4.78 is 15.1. The number of piperidine rings is 1. The van der Waals surface area contributed by atoms with E-state index in [4.69, 9.17) is 0 Å². The minimum absolute atomic E-state index is 0.170. The summed E-state index contributed by atoms with van der Waals surface area (Å²) in [6.45, 7) is 5.06. The highest BCUT2D eigenvalue weighted by Gasteiger charge is 2.22. The van der Waals surface area contributed by atoms with Gasteiger partial charge in [-0.3, -0.25) is 0 Å². The Morgan fingerprint density at radius 3 is 2.75 bits per heavy atom. The van der Waals surface area contributed by atoms with Gasteiger partial charge in [-0.1, -0.05) is 0 Å². The van der Waals surface area contributed by atoms with Gasteiger partial charge in [0.2, 0.25) is 0 Å². The van der Waals surface area contributed by atoms with E-state index in [0.29, 0.717) is 12.0 Å². The van der Waals surface area contributed by atoms with Crippen molar-refractivity contribution in [1.29, 1.82) is 0 Å². The summed E-state index contributed by atoms with van der Waals surface area (Å²) >= 11 is 0. The molecule has 0 bridgehead atoms. The maximum Gasteiger partial charge on any atom is 0.124 e. The second-order valence-corrected chi connectivity index (χ2v) is 6.79. The van der Waals surface area contributed by atoms with Crippen LogP contribution in [0.3, 0.4) is 0 Å². The van der Waals surface area contributed by atoms with E-state index in [2.05, 4.69) is 20.6 Å². The number of benzene rings is 1. The van der Waals surface area contributed by atoms with E-state index in [-0.39, 0.29) is 5.82 Å². The van der Waals surface area contributed by atoms with Crippen molar-refractivity contribution in [2.45, 2.75) is 25.4 Å². The Hall–Kier alpha value is -2.08. The van der Waals surface area contributed by atoms with Crippen LogP contribution in [0.15, 0.2) is 36.5 Å². The van der Waals surface area contributed by atoms with Crippen molar-refractivity contribution in [1.82, 2.24) is 15.1 Å². The molecule has 1 saturated heterocycles. The van der Waals surface area contributed by atoms with Crippen LogP contribution in [0, 0.1) is 11.7 Å². The number of halogens is 1. The molecule has 2 aliphatic rings. The molecule has 1 atom stereocenters. The molecule has 2 N–H and O–H groups in total. The van der Waals surface area contributed by atoms with Crippen LogP contribution in [0.1, 0.15) is 12.8 Å². The second kappa shape index (κ2) is 6.81. The second-order valence-electron chi connectivity index (χ2n) is 6.79. The third-order valence-corrected chi connectivity index (χ3v) is 5.10. The fourth-order valence-corrected chi connectivity index (χ4v) is 3.65. The number of nitrogens with one attached hydrogen (secondary N) is 2. The van der Waals surface area contributed by atoms with E-state index in [9.17, 15) is 4.39 Å². The van der Waals surface area contributed by atoms with Gasteiger partial charge in [0, 0.05) is 56.4 Å². The number of aromatic nitrogens is 2. The van der Waals surface area contributed by atoms with Crippen LogP contribution >= 0.6 is 0 Å². The molecule has 0 unspecified atom stereocenters. The van der Waals surface area contributed by atoms with Crippen LogP contribution in [0.25, 0.3) is 0 Å². The van der Waals surface area contributed by atoms with Gasteiger partial charge in [-0.15, -0.1) is 0 Å². The molecule has 5 nitrogen and oxygen atoms in total. The van der Waals surface area contributed by atoms with Gasteiger partial charge in [-0.05, 0) is 37.1 Å². The molecule has 4 rings (SSSR count). The zero-order valence-corrected chi connectivity index (χ0v) is 13.8. The zero-order chi connectivity index (χ0) is 16.4. The van der Waals surface area contributed by atoms with Crippen molar-refractivity contribution in [3.63, 3.8) is 0 Å². The molecule has 1 aromatic carbocycles. The Kier molecular flexibility index (Phi) is 4.38. The molecule has 0 amide bonds. The van der Waals surface area contributed by atoms with Gasteiger partial charge in [-0.2, -0.15) is 5.10 Å². The molecule has 24 heavy (non-hydrogen) atoms. The molecule has 0 aliphatic carbocycles. The van der Waals surface area contributed by atoms with E-state index in [1.165, 1.54) is 0 Å². The number of hydrogen-bond donors (Lipinski definition) is 2. The fourth-order valence-electron chi connectivity index (χ4n) is 3.65. The Bertz CT molecular complexity index is 660. The number of rotatable bonds is 4. The molecule has 1 aromatic heterocycles. The first-order valence-electron chi connectivity index (χ1n) is 8.77. The molecule has 6 heteroatoms. The van der Waals surface area contributed by atoms with Crippen LogP contribution in [-0.2, 0) is 6.54 Å². The summed E-state index contributed by atoms with van der Waals surface area (Å²) in [6.07, 6.45) is 4.11. The Labute approximate surface area is 141 Å². The van der Waals surface area contributed by atoms with Gasteiger partial charge in [0.1, 0.15) is 11.6 Å². The third-order valence-electron chi connectivity index (χ3n) is 5.10. The standard InChI is InChI=1S/C18H24FN5/c19-15-1-3-17(4-2-15)23-9-6-16(7-10-23)20-11-14-12-21-18-5-8-22-24(18)13-14/h1-5,8,14,16,20-21H,6-7,9-13H2/t14-/m0/s1. The summed E-state index contributed by atoms with van der Waals surface area (Å²) in [5.74, 6) is 1.53. The monoisotopic (exact) mass is 329 g/mol. The molecule has 2 aliphatic heterocycles. The van der Waals surface area contributed by atoms with Crippen molar-refractivity contribution in [3.05, 3.63) is 42.3 Å². The van der Waals surface area contributed by atoms with Crippen molar-refractivity contribution < 1.29 is 4.39 Å². The molecule has 3 heterocycles. The summed E-state index contributed by atoms with van der Waals surface area (Å²) in [7, 11) is 0. The number of fused-ring (bicyclic) bond motifs is 1. The smallest absolute Gasteiger partial charge is 0.124 e. The summed E-state index contributed by atoms with van der Waals surface area (Å²) in [6, 6.07) is 9.42. The van der Waals surface area contributed by atoms with Crippen molar-refractivity contribution >= 4 is 11.5 Å². The van der Waals surface area contributed by atoms with Crippen LogP contribution in [0.2, 0.25) is 0 Å². The molecule has 128 valence electrons. The minimum Gasteiger partial charge on any atom is -0.371 e. The van der Waals surface area contributed by atoms with E-state index >= 15 is 0 Å². The first kappa shape index (κ1) is 15.4. The Morgan fingerprint density at radius 1 is 1.17 bits per heavy atom. The van der Waals surface area contributed by atoms with Crippen LogP contribution in [0.4, 0.5) is 15.9 Å². The van der Waals surface area contributed by atoms with Crippen molar-refractivity contribution in [2.75, 3.05) is 36.4 Å². The lowest BCUT2D eigenvalue weighted by Crippen LogP contribution is -2.45. The lowest BCUT2D eigenvalue weighted by Gasteiger charge is -2.35. The van der Waals surface area contributed by atoms with Crippen LogP contribution < -0.4 is 15.5 Å². The average Bonchev–Trinajstić information content (AvgIpc) is 3.09. The van der Waals surface area contributed by atoms with Gasteiger partial charge in [-0.25, -0.2) is 9.07 Å². The minimum atomic E-state index is -0.170. The highest BCUT2D eigenvalue weighted by atomic mass is 19.1. The van der Waals surface area contributed by atoms with Gasteiger partial charge in [0.15, 0.2) is 0 Å². The van der Waals surface area contributed by atoms with Gasteiger partial charge < -0.3 is 15.5 Å². The molecular weight excluding hydrogens is 305 g/mol. The number of nitrogens with zero attached hydrogens (tertiary/aromatic N) is 3. The normalized spacial score (nSPS) is 21.4. The van der Waals surface area contributed by atoms with E-state index < -0.39 is 0 Å². The lowest BCUT2D eigenvalue weighted by molar-refractivity contribution is 0.342. The molecule has 0 spiro atoms. The fraction of sp³-hybridized carbons (Fsp3) is 0.500. The maximum atomic E-state index is 13.0. The van der Waals surface area contributed by atoms with E-state index in [1.54, 1.807) is 12.1 Å². The topological polar surface area (TPSA) is 45.1 Å². The Balaban J connectivity index is 1.23. The zero-order valence-electron chi connectivity index (χ0n) is 13.8. The molecule has 1 fully saturated rings. The average molecular weight is 329 g/mol. The lowest BCUT2D eigenvalue weighted by atomic mass is 10.0.